The van der Waals surface area contributed by atoms with Gasteiger partial charge in [-0.25, -0.2) is 4.98 Å². The van der Waals surface area contributed by atoms with E-state index in [1.54, 1.807) is 34.8 Å². The van der Waals surface area contributed by atoms with E-state index in [4.69, 9.17) is 16.3 Å². The number of hydrogen-bond acceptors (Lipinski definition) is 5. The van der Waals surface area contributed by atoms with Gasteiger partial charge in [0.05, 0.1) is 29.8 Å². The van der Waals surface area contributed by atoms with Gasteiger partial charge in [-0.3, -0.25) is 14.2 Å². The normalized spacial score (nSPS) is 11.0. The summed E-state index contributed by atoms with van der Waals surface area (Å²) in [4.78, 5) is 32.2. The summed E-state index contributed by atoms with van der Waals surface area (Å²) in [7, 11) is 1.58. The molecule has 6 nitrogen and oxygen atoms in total. The molecule has 3 rings (SSSR count). The Bertz CT molecular complexity index is 1070. The number of hydrogen-bond donors (Lipinski definition) is 0. The molecule has 0 aliphatic carbocycles. The number of methoxy groups -OCH3 is 1. The number of thioether (sulfide) groups is 1. The van der Waals surface area contributed by atoms with Crippen LogP contribution >= 0.6 is 23.4 Å². The molecule has 0 unspecified atom stereocenters. The van der Waals surface area contributed by atoms with Gasteiger partial charge in [0.2, 0.25) is 5.91 Å². The van der Waals surface area contributed by atoms with Gasteiger partial charge in [0.15, 0.2) is 5.16 Å². The molecule has 1 aromatic heterocycles. The molecule has 0 aliphatic heterocycles. The SMILES string of the molecule is CCN(Cc1ccccc1)C(=O)CSc1nc2cc(Cl)ccc2c(=O)n1CCOC. The van der Waals surface area contributed by atoms with Crippen LogP contribution in [0, 0.1) is 0 Å². The lowest BCUT2D eigenvalue weighted by Gasteiger charge is -2.21. The second kappa shape index (κ2) is 10.6. The number of ether oxygens (including phenoxy) is 1. The van der Waals surface area contributed by atoms with Gasteiger partial charge < -0.3 is 9.64 Å². The Hall–Kier alpha value is -2.35. The average molecular weight is 446 g/mol. The van der Waals surface area contributed by atoms with Crippen molar-refractivity contribution < 1.29 is 9.53 Å². The minimum atomic E-state index is -0.166. The highest BCUT2D eigenvalue weighted by molar-refractivity contribution is 7.99. The molecule has 1 amide bonds. The molecule has 0 N–H and O–H groups in total. The number of halogens is 1. The lowest BCUT2D eigenvalue weighted by molar-refractivity contribution is -0.128. The fraction of sp³-hybridized carbons (Fsp3) is 0.318. The van der Waals surface area contributed by atoms with Crippen LogP contribution in [-0.4, -0.2) is 46.4 Å². The molecule has 0 atom stereocenters. The summed E-state index contributed by atoms with van der Waals surface area (Å²) in [6.45, 7) is 3.84. The van der Waals surface area contributed by atoms with Crippen LogP contribution in [-0.2, 0) is 22.6 Å². The van der Waals surface area contributed by atoms with Gasteiger partial charge in [-0.2, -0.15) is 0 Å². The van der Waals surface area contributed by atoms with Crippen LogP contribution in [0.5, 0.6) is 0 Å². The lowest BCUT2D eigenvalue weighted by Crippen LogP contribution is -2.32. The highest BCUT2D eigenvalue weighted by Crippen LogP contribution is 2.21. The first-order chi connectivity index (χ1) is 14.5. The molecular weight excluding hydrogens is 422 g/mol. The van der Waals surface area contributed by atoms with Gasteiger partial charge in [0, 0.05) is 25.2 Å². The first kappa shape index (κ1) is 22.3. The molecule has 0 spiro atoms. The van der Waals surface area contributed by atoms with E-state index < -0.39 is 0 Å². The van der Waals surface area contributed by atoms with Gasteiger partial charge in [-0.05, 0) is 30.7 Å². The number of carbonyl (C=O) groups is 1. The van der Waals surface area contributed by atoms with Crippen molar-refractivity contribution in [3.05, 3.63) is 69.5 Å². The number of carbonyl (C=O) groups excluding carboxylic acids is 1. The first-order valence-electron chi connectivity index (χ1n) is 9.67. The minimum Gasteiger partial charge on any atom is -0.383 e. The number of nitrogens with zero attached hydrogens (tertiary/aromatic N) is 3. The standard InChI is InChI=1S/C22H24ClN3O3S/c1-3-25(14-16-7-5-4-6-8-16)20(27)15-30-22-24-19-13-17(23)9-10-18(19)21(28)26(22)11-12-29-2/h4-10,13H,3,11-12,14-15H2,1-2H3. The van der Waals surface area contributed by atoms with Crippen LogP contribution in [0.2, 0.25) is 5.02 Å². The molecule has 8 heteroatoms. The summed E-state index contributed by atoms with van der Waals surface area (Å²) in [5, 5.41) is 1.48. The van der Waals surface area contributed by atoms with Crippen LogP contribution in [0.4, 0.5) is 0 Å². The zero-order chi connectivity index (χ0) is 21.5. The van der Waals surface area contributed by atoms with E-state index in [2.05, 4.69) is 4.98 Å². The van der Waals surface area contributed by atoms with Crippen LogP contribution in [0.15, 0.2) is 58.5 Å². The van der Waals surface area contributed by atoms with E-state index in [9.17, 15) is 9.59 Å². The maximum Gasteiger partial charge on any atom is 0.262 e. The molecular formula is C22H24ClN3O3S. The quantitative estimate of drug-likeness (QED) is 0.370. The zero-order valence-electron chi connectivity index (χ0n) is 17.0. The van der Waals surface area contributed by atoms with Crippen molar-refractivity contribution in [2.45, 2.75) is 25.2 Å². The monoisotopic (exact) mass is 445 g/mol. The van der Waals surface area contributed by atoms with E-state index in [0.29, 0.717) is 47.3 Å². The Balaban J connectivity index is 1.82. The van der Waals surface area contributed by atoms with Gasteiger partial charge in [0.25, 0.3) is 5.56 Å². The predicted octanol–water partition coefficient (Wildman–Crippen LogP) is 3.84. The van der Waals surface area contributed by atoms with Gasteiger partial charge >= 0.3 is 0 Å². The van der Waals surface area contributed by atoms with Crippen molar-refractivity contribution in [1.82, 2.24) is 14.5 Å². The molecule has 2 aromatic carbocycles. The number of aromatic nitrogens is 2. The summed E-state index contributed by atoms with van der Waals surface area (Å²) in [5.74, 6) is 0.177. The van der Waals surface area contributed by atoms with Crippen LogP contribution in [0.1, 0.15) is 12.5 Å². The predicted molar refractivity (Wildman–Crippen MR) is 121 cm³/mol. The number of amides is 1. The third kappa shape index (κ3) is 5.41. The molecule has 0 saturated heterocycles. The summed E-state index contributed by atoms with van der Waals surface area (Å²) >= 11 is 7.33. The van der Waals surface area contributed by atoms with Crippen LogP contribution < -0.4 is 5.56 Å². The van der Waals surface area contributed by atoms with Crippen molar-refractivity contribution in [1.29, 1.82) is 0 Å². The van der Waals surface area contributed by atoms with E-state index in [0.717, 1.165) is 5.56 Å². The molecule has 158 valence electrons. The van der Waals surface area contributed by atoms with Crippen LogP contribution in [0.3, 0.4) is 0 Å². The summed E-state index contributed by atoms with van der Waals surface area (Å²) in [6.07, 6.45) is 0. The van der Waals surface area contributed by atoms with Crippen molar-refractivity contribution >= 4 is 40.2 Å². The maximum absolute atomic E-state index is 13.0. The minimum absolute atomic E-state index is 0.00918. The second-order valence-electron chi connectivity index (χ2n) is 6.69. The number of fused-ring (bicyclic) bond motifs is 1. The number of benzene rings is 2. The Morgan fingerprint density at radius 2 is 2.00 bits per heavy atom. The summed E-state index contributed by atoms with van der Waals surface area (Å²) < 4.78 is 6.70. The fourth-order valence-electron chi connectivity index (χ4n) is 3.06. The highest BCUT2D eigenvalue weighted by Gasteiger charge is 2.17. The largest absolute Gasteiger partial charge is 0.383 e. The summed E-state index contributed by atoms with van der Waals surface area (Å²) in [5.41, 5.74) is 1.43. The van der Waals surface area contributed by atoms with Crippen molar-refractivity contribution in [3.8, 4) is 0 Å². The lowest BCUT2D eigenvalue weighted by atomic mass is 10.2. The van der Waals surface area contributed by atoms with E-state index in [-0.39, 0.29) is 17.2 Å². The number of rotatable bonds is 9. The highest BCUT2D eigenvalue weighted by atomic mass is 35.5. The zero-order valence-corrected chi connectivity index (χ0v) is 18.6. The van der Waals surface area contributed by atoms with E-state index >= 15 is 0 Å². The molecule has 1 heterocycles. The Morgan fingerprint density at radius 1 is 1.23 bits per heavy atom. The third-order valence-electron chi connectivity index (χ3n) is 4.68. The average Bonchev–Trinajstić information content (AvgIpc) is 2.75. The Morgan fingerprint density at radius 3 is 2.70 bits per heavy atom. The van der Waals surface area contributed by atoms with E-state index in [1.165, 1.54) is 11.8 Å². The summed E-state index contributed by atoms with van der Waals surface area (Å²) in [6, 6.07) is 14.9. The molecule has 0 fully saturated rings. The smallest absolute Gasteiger partial charge is 0.262 e. The van der Waals surface area contributed by atoms with Gasteiger partial charge in [-0.15, -0.1) is 0 Å². The molecule has 0 saturated carbocycles. The third-order valence-corrected chi connectivity index (χ3v) is 5.87. The van der Waals surface area contributed by atoms with Crippen molar-refractivity contribution in [2.24, 2.45) is 0 Å². The first-order valence-corrected chi connectivity index (χ1v) is 11.0. The Labute approximate surface area is 184 Å². The van der Waals surface area contributed by atoms with Crippen molar-refractivity contribution in [3.63, 3.8) is 0 Å². The second-order valence-corrected chi connectivity index (χ2v) is 8.07. The molecule has 0 aliphatic rings. The van der Waals surface area contributed by atoms with Gasteiger partial charge in [0.1, 0.15) is 0 Å². The topological polar surface area (TPSA) is 64.4 Å². The van der Waals surface area contributed by atoms with E-state index in [1.807, 2.05) is 37.3 Å². The molecule has 0 bridgehead atoms. The fourth-order valence-corrected chi connectivity index (χ4v) is 4.16. The molecule has 0 radical (unpaired) electrons. The maximum atomic E-state index is 13.0. The van der Waals surface area contributed by atoms with Crippen molar-refractivity contribution in [2.75, 3.05) is 26.0 Å². The van der Waals surface area contributed by atoms with Gasteiger partial charge in [-0.1, -0.05) is 53.7 Å². The Kier molecular flexibility index (Phi) is 7.90. The molecule has 3 aromatic rings. The van der Waals surface area contributed by atoms with Crippen LogP contribution in [0.25, 0.3) is 10.9 Å². The molecule has 30 heavy (non-hydrogen) atoms.